The molecule has 0 aromatic rings. The van der Waals surface area contributed by atoms with Crippen LogP contribution in [0, 0.1) is 0 Å². The average molecular weight is 1000 g/mol. The van der Waals surface area contributed by atoms with Gasteiger partial charge in [0, 0.05) is 19.3 Å². The van der Waals surface area contributed by atoms with E-state index in [1.165, 1.54) is 283 Å². The number of esters is 3. The van der Waals surface area contributed by atoms with E-state index in [0.29, 0.717) is 19.3 Å². The fraction of sp³-hybridized carbons (Fsp3) is 0.954. The first kappa shape index (κ1) is 69.4. The van der Waals surface area contributed by atoms with Crippen molar-refractivity contribution in [1.29, 1.82) is 0 Å². The smallest absolute Gasteiger partial charge is 0.306 e. The van der Waals surface area contributed by atoms with Crippen molar-refractivity contribution in [3.8, 4) is 0 Å². The second kappa shape index (κ2) is 61.0. The number of hydrogen-bond acceptors (Lipinski definition) is 6. The van der Waals surface area contributed by atoms with Gasteiger partial charge in [0.05, 0.1) is 0 Å². The van der Waals surface area contributed by atoms with Crippen LogP contribution in [0.15, 0.2) is 0 Å². The van der Waals surface area contributed by atoms with Crippen molar-refractivity contribution in [2.45, 2.75) is 386 Å². The molecule has 0 amide bonds. The molecule has 0 saturated carbocycles. The minimum Gasteiger partial charge on any atom is -0.462 e. The Kier molecular flexibility index (Phi) is 59.6. The Morgan fingerprint density at radius 3 is 0.563 bits per heavy atom. The van der Waals surface area contributed by atoms with Crippen molar-refractivity contribution in [1.82, 2.24) is 0 Å². The van der Waals surface area contributed by atoms with Crippen LogP contribution >= 0.6 is 0 Å². The molecule has 6 nitrogen and oxygen atoms in total. The molecule has 1 unspecified atom stereocenters. The minimum atomic E-state index is -0.762. The lowest BCUT2D eigenvalue weighted by Crippen LogP contribution is -2.30. The maximum atomic E-state index is 12.9. The first-order chi connectivity index (χ1) is 35.0. The van der Waals surface area contributed by atoms with E-state index < -0.39 is 6.10 Å². The molecule has 0 radical (unpaired) electrons. The van der Waals surface area contributed by atoms with Gasteiger partial charge < -0.3 is 14.2 Å². The van der Waals surface area contributed by atoms with Crippen molar-refractivity contribution in [2.75, 3.05) is 13.2 Å². The van der Waals surface area contributed by atoms with Crippen LogP contribution in [0.4, 0.5) is 0 Å². The number of rotatable bonds is 61. The topological polar surface area (TPSA) is 78.9 Å². The predicted molar refractivity (Wildman–Crippen MR) is 307 cm³/mol. The van der Waals surface area contributed by atoms with Crippen LogP contribution in [0.5, 0.6) is 0 Å². The molecule has 0 bridgehead atoms. The first-order valence-corrected chi connectivity index (χ1v) is 32.5. The van der Waals surface area contributed by atoms with Gasteiger partial charge in [-0.05, 0) is 19.3 Å². The zero-order valence-electron chi connectivity index (χ0n) is 48.5. The molecule has 0 N–H and O–H groups in total. The summed E-state index contributed by atoms with van der Waals surface area (Å²) in [7, 11) is 0. The van der Waals surface area contributed by atoms with E-state index >= 15 is 0 Å². The number of unbranched alkanes of at least 4 members (excludes halogenated alkanes) is 50. The Hall–Kier alpha value is -1.59. The summed E-state index contributed by atoms with van der Waals surface area (Å²) in [5.74, 6) is -0.827. The monoisotopic (exact) mass is 1000 g/mol. The molecule has 0 aliphatic heterocycles. The maximum absolute atomic E-state index is 12.9. The van der Waals surface area contributed by atoms with E-state index in [2.05, 4.69) is 20.8 Å². The lowest BCUT2D eigenvalue weighted by atomic mass is 10.0. The van der Waals surface area contributed by atoms with Crippen LogP contribution in [0.1, 0.15) is 380 Å². The quantitative estimate of drug-likeness (QED) is 0.0343. The molecule has 71 heavy (non-hydrogen) atoms. The Morgan fingerprint density at radius 1 is 0.225 bits per heavy atom. The second-order valence-electron chi connectivity index (χ2n) is 22.4. The lowest BCUT2D eigenvalue weighted by molar-refractivity contribution is -0.167. The molecule has 0 aliphatic rings. The summed E-state index contributed by atoms with van der Waals surface area (Å²) >= 11 is 0. The van der Waals surface area contributed by atoms with E-state index in [1.54, 1.807) is 0 Å². The van der Waals surface area contributed by atoms with Crippen LogP contribution in [-0.4, -0.2) is 37.2 Å². The van der Waals surface area contributed by atoms with Gasteiger partial charge in [0.1, 0.15) is 13.2 Å². The van der Waals surface area contributed by atoms with Gasteiger partial charge in [-0.25, -0.2) is 0 Å². The third-order valence-corrected chi connectivity index (χ3v) is 15.1. The third-order valence-electron chi connectivity index (χ3n) is 15.1. The van der Waals surface area contributed by atoms with Gasteiger partial charge in [-0.15, -0.1) is 0 Å². The van der Waals surface area contributed by atoms with Crippen LogP contribution in [-0.2, 0) is 28.6 Å². The van der Waals surface area contributed by atoms with Gasteiger partial charge in [0.15, 0.2) is 6.10 Å². The SMILES string of the molecule is CCCCCCCCCCCCCCCCCCCCCCCCCCC(=O)OCC(COC(=O)CCCCCCCCCCCCC)OC(=O)CCCCCCCCCCCCCCCCCCCC. The lowest BCUT2D eigenvalue weighted by Gasteiger charge is -2.18. The summed E-state index contributed by atoms with van der Waals surface area (Å²) in [6, 6.07) is 0. The van der Waals surface area contributed by atoms with Crippen molar-refractivity contribution in [3.05, 3.63) is 0 Å². The molecular formula is C65H126O6. The van der Waals surface area contributed by atoms with Gasteiger partial charge in [-0.1, -0.05) is 342 Å². The Morgan fingerprint density at radius 2 is 0.380 bits per heavy atom. The van der Waals surface area contributed by atoms with E-state index in [-0.39, 0.29) is 31.1 Å². The Balaban J connectivity index is 4.17. The van der Waals surface area contributed by atoms with Crippen molar-refractivity contribution in [2.24, 2.45) is 0 Å². The minimum absolute atomic E-state index is 0.0607. The number of carbonyl (C=O) groups is 3. The summed E-state index contributed by atoms with van der Waals surface area (Å²) in [6.45, 7) is 6.72. The normalized spacial score (nSPS) is 11.9. The van der Waals surface area contributed by atoms with Crippen LogP contribution in [0.2, 0.25) is 0 Å². The van der Waals surface area contributed by atoms with Crippen molar-refractivity contribution in [3.63, 3.8) is 0 Å². The largest absolute Gasteiger partial charge is 0.462 e. The van der Waals surface area contributed by atoms with Crippen LogP contribution in [0.25, 0.3) is 0 Å². The van der Waals surface area contributed by atoms with E-state index in [1.807, 2.05) is 0 Å². The van der Waals surface area contributed by atoms with E-state index in [9.17, 15) is 14.4 Å². The molecular weight excluding hydrogens is 877 g/mol. The van der Waals surface area contributed by atoms with Gasteiger partial charge >= 0.3 is 17.9 Å². The fourth-order valence-corrected chi connectivity index (χ4v) is 10.2. The molecule has 0 heterocycles. The van der Waals surface area contributed by atoms with E-state index in [0.717, 1.165) is 57.8 Å². The molecule has 0 aromatic heterocycles. The third kappa shape index (κ3) is 59.2. The summed E-state index contributed by atoms with van der Waals surface area (Å²) in [5, 5.41) is 0. The highest BCUT2D eigenvalue weighted by Gasteiger charge is 2.19. The molecule has 0 saturated heterocycles. The number of ether oxygens (including phenoxy) is 3. The van der Waals surface area contributed by atoms with Crippen molar-refractivity contribution < 1.29 is 28.6 Å². The number of carbonyl (C=O) groups excluding carboxylic acids is 3. The summed E-state index contributed by atoms with van der Waals surface area (Å²) in [4.78, 5) is 38.2. The molecule has 0 fully saturated rings. The highest BCUT2D eigenvalue weighted by atomic mass is 16.6. The second-order valence-corrected chi connectivity index (χ2v) is 22.4. The molecule has 1 atom stereocenters. The average Bonchev–Trinajstić information content (AvgIpc) is 3.37. The van der Waals surface area contributed by atoms with Gasteiger partial charge in [0.2, 0.25) is 0 Å². The molecule has 0 aliphatic carbocycles. The van der Waals surface area contributed by atoms with Gasteiger partial charge in [0.25, 0.3) is 0 Å². The van der Waals surface area contributed by atoms with Gasteiger partial charge in [-0.3, -0.25) is 14.4 Å². The zero-order chi connectivity index (χ0) is 51.4. The molecule has 6 heteroatoms. The molecule has 422 valence electrons. The fourth-order valence-electron chi connectivity index (χ4n) is 10.2. The molecule has 0 spiro atoms. The van der Waals surface area contributed by atoms with Gasteiger partial charge in [-0.2, -0.15) is 0 Å². The van der Waals surface area contributed by atoms with Crippen LogP contribution in [0.3, 0.4) is 0 Å². The standard InChI is InChI=1S/C65H126O6/c1-4-7-10-13-16-19-22-24-26-28-30-31-32-33-34-35-37-38-40-43-46-49-52-55-58-64(67)70-61-62(60-69-63(66)57-54-51-48-45-42-21-18-15-12-9-6-3)71-65(68)59-56-53-50-47-44-41-39-36-29-27-25-23-20-17-14-11-8-5-2/h62H,4-61H2,1-3H3. The Labute approximate surface area is 444 Å². The van der Waals surface area contributed by atoms with Crippen LogP contribution < -0.4 is 0 Å². The highest BCUT2D eigenvalue weighted by Crippen LogP contribution is 2.19. The maximum Gasteiger partial charge on any atom is 0.306 e. The predicted octanol–water partition coefficient (Wildman–Crippen LogP) is 21.9. The summed E-state index contributed by atoms with van der Waals surface area (Å²) in [5.41, 5.74) is 0. The molecule has 0 aromatic carbocycles. The number of hydrogen-bond donors (Lipinski definition) is 0. The van der Waals surface area contributed by atoms with E-state index in [4.69, 9.17) is 14.2 Å². The first-order valence-electron chi connectivity index (χ1n) is 32.5. The summed E-state index contributed by atoms with van der Waals surface area (Å²) in [6.07, 6.45) is 69.8. The highest BCUT2D eigenvalue weighted by molar-refractivity contribution is 5.71. The zero-order valence-corrected chi connectivity index (χ0v) is 48.5. The Bertz CT molecular complexity index is 1060. The molecule has 0 rings (SSSR count). The van der Waals surface area contributed by atoms with Crippen molar-refractivity contribution >= 4 is 17.9 Å². The summed E-state index contributed by atoms with van der Waals surface area (Å²) < 4.78 is 16.9.